The first kappa shape index (κ1) is 7.88. The van der Waals surface area contributed by atoms with E-state index in [-0.39, 0.29) is 0 Å². The number of hydrogen-bond donors (Lipinski definition) is 0. The monoisotopic (exact) mass is 126 g/mol. The van der Waals surface area contributed by atoms with E-state index in [4.69, 9.17) is 0 Å². The summed E-state index contributed by atoms with van der Waals surface area (Å²) in [5.74, 6) is -0.532. The van der Waals surface area contributed by atoms with E-state index in [1.54, 1.807) is 6.92 Å². The minimum Gasteiger partial charge on any atom is -0.314 e. The summed E-state index contributed by atoms with van der Waals surface area (Å²) in [7, 11) is 0. The summed E-state index contributed by atoms with van der Waals surface area (Å²) < 4.78 is 0. The number of oxime groups is 1. The van der Waals surface area contributed by atoms with Gasteiger partial charge in [-0.2, -0.15) is 0 Å². The summed E-state index contributed by atoms with van der Waals surface area (Å²) in [6.45, 7) is 8.10. The van der Waals surface area contributed by atoms with Crippen LogP contribution in [0, 0.1) is 6.92 Å². The van der Waals surface area contributed by atoms with Crippen molar-refractivity contribution in [3.63, 3.8) is 0 Å². The van der Waals surface area contributed by atoms with Gasteiger partial charge in [0.25, 0.3) is 0 Å². The van der Waals surface area contributed by atoms with Gasteiger partial charge in [-0.1, -0.05) is 11.7 Å². The lowest BCUT2D eigenvalue weighted by atomic mass is 10.4. The minimum atomic E-state index is -0.532. The minimum absolute atomic E-state index is 0.320. The largest absolute Gasteiger partial charge is 0.360 e. The van der Waals surface area contributed by atoms with E-state index in [9.17, 15) is 4.79 Å². The van der Waals surface area contributed by atoms with Crippen LogP contribution in [0.4, 0.5) is 0 Å². The highest BCUT2D eigenvalue weighted by atomic mass is 16.7. The van der Waals surface area contributed by atoms with Crippen LogP contribution >= 0.6 is 0 Å². The maximum atomic E-state index is 10.4. The van der Waals surface area contributed by atoms with Gasteiger partial charge in [-0.05, 0) is 13.8 Å². The van der Waals surface area contributed by atoms with Crippen LogP contribution in [-0.2, 0) is 9.63 Å². The van der Waals surface area contributed by atoms with Gasteiger partial charge in [0.05, 0.1) is 0 Å². The fourth-order valence-corrected chi connectivity index (χ4v) is 0.163. The Morgan fingerprint density at radius 2 is 2.33 bits per heavy atom. The maximum Gasteiger partial charge on any atom is 0.360 e. The zero-order chi connectivity index (χ0) is 7.28. The van der Waals surface area contributed by atoms with Crippen molar-refractivity contribution in [2.24, 2.45) is 5.16 Å². The SMILES string of the molecule is [CH2]C=NOC(=O)C(=C)C. The second-order valence-corrected chi connectivity index (χ2v) is 1.45. The lowest BCUT2D eigenvalue weighted by Gasteiger charge is -1.91. The molecule has 0 spiro atoms. The molecule has 0 aliphatic heterocycles. The van der Waals surface area contributed by atoms with E-state index in [1.165, 1.54) is 0 Å². The molecule has 49 valence electrons. The highest BCUT2D eigenvalue weighted by Crippen LogP contribution is 1.90. The van der Waals surface area contributed by atoms with Crippen molar-refractivity contribution in [2.75, 3.05) is 0 Å². The van der Waals surface area contributed by atoms with Crippen LogP contribution in [0.15, 0.2) is 17.3 Å². The van der Waals surface area contributed by atoms with Gasteiger partial charge in [0.1, 0.15) is 0 Å². The normalized spacial score (nSPS) is 9.56. The standard InChI is InChI=1S/C6H8NO2/c1-4-7-9-6(8)5(2)3/h4H,1-2H2,3H3. The first-order valence-corrected chi connectivity index (χ1v) is 2.36. The molecule has 9 heavy (non-hydrogen) atoms. The molecule has 3 nitrogen and oxygen atoms in total. The molecule has 0 N–H and O–H groups in total. The summed E-state index contributed by atoms with van der Waals surface area (Å²) in [5.41, 5.74) is 0.320. The third-order valence-electron chi connectivity index (χ3n) is 0.559. The Morgan fingerprint density at radius 3 is 2.67 bits per heavy atom. The molecule has 0 heterocycles. The highest BCUT2D eigenvalue weighted by molar-refractivity contribution is 5.87. The zero-order valence-electron chi connectivity index (χ0n) is 5.26. The molecule has 0 rings (SSSR count). The predicted octanol–water partition coefficient (Wildman–Crippen LogP) is 0.926. The number of nitrogens with zero attached hydrogens (tertiary/aromatic N) is 1. The van der Waals surface area contributed by atoms with Crippen molar-refractivity contribution in [3.8, 4) is 0 Å². The van der Waals surface area contributed by atoms with Gasteiger partial charge in [-0.25, -0.2) is 4.79 Å². The van der Waals surface area contributed by atoms with Crippen molar-refractivity contribution in [1.82, 2.24) is 0 Å². The Bertz CT molecular complexity index is 149. The third-order valence-corrected chi connectivity index (χ3v) is 0.559. The molecule has 0 bridgehead atoms. The molecule has 0 aromatic heterocycles. The van der Waals surface area contributed by atoms with Crippen LogP contribution in [0.3, 0.4) is 0 Å². The fraction of sp³-hybridized carbons (Fsp3) is 0.167. The van der Waals surface area contributed by atoms with Crippen molar-refractivity contribution in [2.45, 2.75) is 6.92 Å². The van der Waals surface area contributed by atoms with E-state index >= 15 is 0 Å². The summed E-state index contributed by atoms with van der Waals surface area (Å²) >= 11 is 0. The number of carbonyl (C=O) groups is 1. The third kappa shape index (κ3) is 3.46. The quantitative estimate of drug-likeness (QED) is 0.239. The van der Waals surface area contributed by atoms with Gasteiger partial charge in [0.2, 0.25) is 0 Å². The van der Waals surface area contributed by atoms with Gasteiger partial charge in [-0.15, -0.1) is 0 Å². The van der Waals surface area contributed by atoms with E-state index in [2.05, 4.69) is 23.5 Å². The van der Waals surface area contributed by atoms with Crippen LogP contribution in [0.25, 0.3) is 0 Å². The molecule has 0 amide bonds. The Kier molecular flexibility index (Phi) is 3.35. The maximum absolute atomic E-state index is 10.4. The second-order valence-electron chi connectivity index (χ2n) is 1.45. The van der Waals surface area contributed by atoms with Crippen LogP contribution in [0.1, 0.15) is 6.92 Å². The van der Waals surface area contributed by atoms with Gasteiger partial charge < -0.3 is 4.84 Å². The predicted molar refractivity (Wildman–Crippen MR) is 34.8 cm³/mol. The molecular formula is C6H8NO2. The average molecular weight is 126 g/mol. The lowest BCUT2D eigenvalue weighted by Crippen LogP contribution is -1.99. The van der Waals surface area contributed by atoms with Gasteiger partial charge in [0.15, 0.2) is 0 Å². The van der Waals surface area contributed by atoms with Crippen molar-refractivity contribution >= 4 is 12.2 Å². The van der Waals surface area contributed by atoms with E-state index in [0.29, 0.717) is 5.57 Å². The van der Waals surface area contributed by atoms with Gasteiger partial charge in [-0.3, -0.25) is 0 Å². The molecule has 0 fully saturated rings. The lowest BCUT2D eigenvalue weighted by molar-refractivity contribution is -0.138. The first-order chi connectivity index (χ1) is 4.18. The Hall–Kier alpha value is -1.12. The summed E-state index contributed by atoms with van der Waals surface area (Å²) in [6.07, 6.45) is 1.14. The van der Waals surface area contributed by atoms with E-state index < -0.39 is 5.97 Å². The van der Waals surface area contributed by atoms with Crippen LogP contribution in [0.5, 0.6) is 0 Å². The molecule has 0 aromatic carbocycles. The molecule has 0 saturated carbocycles. The summed E-state index contributed by atoms with van der Waals surface area (Å²) in [5, 5.41) is 3.15. The second kappa shape index (κ2) is 3.83. The van der Waals surface area contributed by atoms with Crippen LogP contribution < -0.4 is 0 Å². The molecule has 0 aliphatic carbocycles. The molecule has 0 aromatic rings. The fourth-order valence-electron chi connectivity index (χ4n) is 0.163. The molecule has 1 radical (unpaired) electrons. The Labute approximate surface area is 54.0 Å². The topological polar surface area (TPSA) is 38.7 Å². The van der Waals surface area contributed by atoms with Gasteiger partial charge >= 0.3 is 5.97 Å². The molecule has 0 aliphatic rings. The summed E-state index contributed by atoms with van der Waals surface area (Å²) in [6, 6.07) is 0. The summed E-state index contributed by atoms with van der Waals surface area (Å²) in [4.78, 5) is 14.7. The number of carbonyl (C=O) groups excluding carboxylic acids is 1. The van der Waals surface area contributed by atoms with Crippen molar-refractivity contribution in [1.29, 1.82) is 0 Å². The van der Waals surface area contributed by atoms with E-state index in [1.807, 2.05) is 0 Å². The van der Waals surface area contributed by atoms with Gasteiger partial charge in [0, 0.05) is 11.8 Å². The Morgan fingerprint density at radius 1 is 1.78 bits per heavy atom. The van der Waals surface area contributed by atoms with Crippen molar-refractivity contribution in [3.05, 3.63) is 19.1 Å². The molecule has 0 unspecified atom stereocenters. The smallest absolute Gasteiger partial charge is 0.314 e. The van der Waals surface area contributed by atoms with Crippen LogP contribution in [-0.4, -0.2) is 12.2 Å². The number of hydrogen-bond acceptors (Lipinski definition) is 3. The molecule has 0 atom stereocenters. The average Bonchev–Trinajstić information content (AvgIpc) is 1.82. The van der Waals surface area contributed by atoms with Crippen LogP contribution in [0.2, 0.25) is 0 Å². The molecule has 0 saturated heterocycles. The van der Waals surface area contributed by atoms with E-state index in [0.717, 1.165) is 6.21 Å². The molecule has 3 heteroatoms. The Balaban J connectivity index is 3.65. The first-order valence-electron chi connectivity index (χ1n) is 2.36. The van der Waals surface area contributed by atoms with Crippen molar-refractivity contribution < 1.29 is 9.63 Å². The molecular weight excluding hydrogens is 118 g/mol. The highest BCUT2D eigenvalue weighted by Gasteiger charge is 1.99. The zero-order valence-corrected chi connectivity index (χ0v) is 5.26. The number of rotatable bonds is 2.